The maximum absolute atomic E-state index is 12.5. The number of carbonyl (C=O) groups is 2. The topological polar surface area (TPSA) is 89.1 Å². The summed E-state index contributed by atoms with van der Waals surface area (Å²) in [6.07, 6.45) is 0.240. The SMILES string of the molecule is COc1ccc(NC(=O)COc2ccc(CC(=O)Nc3ccc(N4CCOCC4)cc3)cc2)cc1. The second kappa shape index (κ2) is 11.9. The van der Waals surface area contributed by atoms with E-state index in [1.165, 1.54) is 0 Å². The number of nitrogens with one attached hydrogen (secondary N) is 2. The van der Waals surface area contributed by atoms with Crippen molar-refractivity contribution in [2.75, 3.05) is 55.6 Å². The Bertz CT molecular complexity index is 1110. The summed E-state index contributed by atoms with van der Waals surface area (Å²) in [7, 11) is 1.59. The van der Waals surface area contributed by atoms with Crippen molar-refractivity contribution < 1.29 is 23.8 Å². The maximum Gasteiger partial charge on any atom is 0.262 e. The van der Waals surface area contributed by atoms with Crippen LogP contribution in [0.2, 0.25) is 0 Å². The second-order valence-electron chi connectivity index (χ2n) is 8.08. The molecule has 0 bridgehead atoms. The van der Waals surface area contributed by atoms with Gasteiger partial charge in [0.1, 0.15) is 11.5 Å². The van der Waals surface area contributed by atoms with Gasteiger partial charge in [0.25, 0.3) is 5.91 Å². The van der Waals surface area contributed by atoms with Crippen molar-refractivity contribution in [3.63, 3.8) is 0 Å². The molecule has 1 aliphatic heterocycles. The van der Waals surface area contributed by atoms with Gasteiger partial charge in [-0.2, -0.15) is 0 Å². The Kier molecular flexibility index (Phi) is 8.19. The van der Waals surface area contributed by atoms with E-state index >= 15 is 0 Å². The fraction of sp³-hybridized carbons (Fsp3) is 0.259. The van der Waals surface area contributed by atoms with E-state index in [1.807, 2.05) is 36.4 Å². The zero-order chi connectivity index (χ0) is 24.5. The van der Waals surface area contributed by atoms with Gasteiger partial charge < -0.3 is 29.7 Å². The maximum atomic E-state index is 12.5. The molecule has 4 rings (SSSR count). The molecule has 3 aromatic rings. The highest BCUT2D eigenvalue weighted by Gasteiger charge is 2.11. The van der Waals surface area contributed by atoms with E-state index in [0.717, 1.165) is 49.0 Å². The summed E-state index contributed by atoms with van der Waals surface area (Å²) in [5.74, 6) is 0.905. The number of nitrogens with zero attached hydrogens (tertiary/aromatic N) is 1. The van der Waals surface area contributed by atoms with Gasteiger partial charge in [0.15, 0.2) is 6.61 Å². The van der Waals surface area contributed by atoms with Gasteiger partial charge in [0.2, 0.25) is 5.91 Å². The molecule has 1 saturated heterocycles. The van der Waals surface area contributed by atoms with Crippen LogP contribution in [0.15, 0.2) is 72.8 Å². The average Bonchev–Trinajstić information content (AvgIpc) is 2.89. The molecule has 1 heterocycles. The number of methoxy groups -OCH3 is 1. The molecule has 0 atom stereocenters. The third-order valence-electron chi connectivity index (χ3n) is 5.56. The standard InChI is InChI=1S/C27H29N3O5/c1-33-24-12-6-22(7-13-24)29-27(32)19-35-25-10-2-20(3-11-25)18-26(31)28-21-4-8-23(9-5-21)30-14-16-34-17-15-30/h2-13H,14-19H2,1H3,(H,28,31)(H,29,32). The summed E-state index contributed by atoms with van der Waals surface area (Å²) in [6.45, 7) is 3.10. The third kappa shape index (κ3) is 7.22. The first-order valence-electron chi connectivity index (χ1n) is 11.5. The number of carbonyl (C=O) groups excluding carboxylic acids is 2. The highest BCUT2D eigenvalue weighted by molar-refractivity contribution is 5.93. The Morgan fingerprint density at radius 1 is 0.800 bits per heavy atom. The molecular weight excluding hydrogens is 446 g/mol. The minimum atomic E-state index is -0.266. The van der Waals surface area contributed by atoms with Crippen molar-refractivity contribution in [2.45, 2.75) is 6.42 Å². The molecular formula is C27H29N3O5. The minimum Gasteiger partial charge on any atom is -0.497 e. The molecule has 3 aromatic carbocycles. The summed E-state index contributed by atoms with van der Waals surface area (Å²) in [5.41, 5.74) is 3.40. The summed E-state index contributed by atoms with van der Waals surface area (Å²) >= 11 is 0. The quantitative estimate of drug-likeness (QED) is 0.490. The zero-order valence-electron chi connectivity index (χ0n) is 19.7. The molecule has 0 radical (unpaired) electrons. The van der Waals surface area contributed by atoms with Crippen LogP contribution in [-0.2, 0) is 20.7 Å². The first-order chi connectivity index (χ1) is 17.1. The number of benzene rings is 3. The Hall–Kier alpha value is -4.04. The largest absolute Gasteiger partial charge is 0.497 e. The molecule has 2 amide bonds. The summed E-state index contributed by atoms with van der Waals surface area (Å²) in [4.78, 5) is 26.8. The highest BCUT2D eigenvalue weighted by atomic mass is 16.5. The molecule has 0 spiro atoms. The number of hydrogen-bond acceptors (Lipinski definition) is 6. The molecule has 2 N–H and O–H groups in total. The van der Waals surface area contributed by atoms with Gasteiger partial charge in [-0.3, -0.25) is 9.59 Å². The zero-order valence-corrected chi connectivity index (χ0v) is 19.7. The molecule has 1 fully saturated rings. The van der Waals surface area contributed by atoms with Gasteiger partial charge in [-0.05, 0) is 66.2 Å². The first-order valence-corrected chi connectivity index (χ1v) is 11.5. The van der Waals surface area contributed by atoms with Crippen molar-refractivity contribution in [3.8, 4) is 11.5 Å². The fourth-order valence-corrected chi connectivity index (χ4v) is 3.69. The molecule has 182 valence electrons. The summed E-state index contributed by atoms with van der Waals surface area (Å²) < 4.78 is 16.0. The van der Waals surface area contributed by atoms with Crippen LogP contribution in [0, 0.1) is 0 Å². The second-order valence-corrected chi connectivity index (χ2v) is 8.08. The highest BCUT2D eigenvalue weighted by Crippen LogP contribution is 2.20. The first kappa shape index (κ1) is 24.1. The van der Waals surface area contributed by atoms with E-state index in [0.29, 0.717) is 11.4 Å². The van der Waals surface area contributed by atoms with Crippen molar-refractivity contribution in [2.24, 2.45) is 0 Å². The molecule has 0 aliphatic carbocycles. The molecule has 0 aromatic heterocycles. The van der Waals surface area contributed by atoms with Crippen LogP contribution >= 0.6 is 0 Å². The molecule has 8 nitrogen and oxygen atoms in total. The minimum absolute atomic E-state index is 0.100. The Balaban J connectivity index is 1.21. The van der Waals surface area contributed by atoms with Crippen LogP contribution in [0.25, 0.3) is 0 Å². The molecule has 0 unspecified atom stereocenters. The number of morpholine rings is 1. The normalized spacial score (nSPS) is 13.1. The van der Waals surface area contributed by atoms with Crippen molar-refractivity contribution in [1.29, 1.82) is 0 Å². The van der Waals surface area contributed by atoms with Crippen LogP contribution in [0.5, 0.6) is 11.5 Å². The lowest BCUT2D eigenvalue weighted by Gasteiger charge is -2.28. The number of rotatable bonds is 9. The monoisotopic (exact) mass is 475 g/mol. The van der Waals surface area contributed by atoms with E-state index in [-0.39, 0.29) is 24.8 Å². The van der Waals surface area contributed by atoms with Crippen LogP contribution in [0.3, 0.4) is 0 Å². The Labute approximate surface area is 204 Å². The smallest absolute Gasteiger partial charge is 0.262 e. The Morgan fingerprint density at radius 3 is 2.00 bits per heavy atom. The van der Waals surface area contributed by atoms with Crippen molar-refractivity contribution in [3.05, 3.63) is 78.4 Å². The van der Waals surface area contributed by atoms with Crippen LogP contribution in [0.1, 0.15) is 5.56 Å². The predicted octanol–water partition coefficient (Wildman–Crippen LogP) is 3.73. The van der Waals surface area contributed by atoms with Crippen LogP contribution in [0.4, 0.5) is 17.1 Å². The van der Waals surface area contributed by atoms with E-state index < -0.39 is 0 Å². The molecule has 1 aliphatic rings. The Morgan fingerprint density at radius 2 is 1.37 bits per heavy atom. The number of ether oxygens (including phenoxy) is 3. The van der Waals surface area contributed by atoms with Gasteiger partial charge in [0.05, 0.1) is 26.7 Å². The lowest BCUT2D eigenvalue weighted by molar-refractivity contribution is -0.118. The lowest BCUT2D eigenvalue weighted by Crippen LogP contribution is -2.36. The number of hydrogen-bond donors (Lipinski definition) is 2. The molecule has 8 heteroatoms. The van der Waals surface area contributed by atoms with Crippen molar-refractivity contribution in [1.82, 2.24) is 0 Å². The van der Waals surface area contributed by atoms with E-state index in [9.17, 15) is 9.59 Å². The van der Waals surface area contributed by atoms with Gasteiger partial charge in [-0.1, -0.05) is 12.1 Å². The lowest BCUT2D eigenvalue weighted by atomic mass is 10.1. The predicted molar refractivity (Wildman–Crippen MR) is 135 cm³/mol. The number of amides is 2. The van der Waals surface area contributed by atoms with Gasteiger partial charge in [-0.25, -0.2) is 0 Å². The van der Waals surface area contributed by atoms with Crippen molar-refractivity contribution >= 4 is 28.9 Å². The molecule has 0 saturated carbocycles. The van der Waals surface area contributed by atoms with E-state index in [4.69, 9.17) is 14.2 Å². The average molecular weight is 476 g/mol. The third-order valence-corrected chi connectivity index (χ3v) is 5.56. The van der Waals surface area contributed by atoms with Crippen LogP contribution < -0.4 is 25.0 Å². The van der Waals surface area contributed by atoms with E-state index in [2.05, 4.69) is 15.5 Å². The molecule has 35 heavy (non-hydrogen) atoms. The summed E-state index contributed by atoms with van der Waals surface area (Å²) in [6, 6.07) is 22.0. The van der Waals surface area contributed by atoms with Crippen LogP contribution in [-0.4, -0.2) is 51.8 Å². The van der Waals surface area contributed by atoms with E-state index in [1.54, 1.807) is 43.5 Å². The van der Waals surface area contributed by atoms with Gasteiger partial charge >= 0.3 is 0 Å². The number of anilines is 3. The summed E-state index contributed by atoms with van der Waals surface area (Å²) in [5, 5.41) is 5.70. The van der Waals surface area contributed by atoms with Gasteiger partial charge in [0, 0.05) is 30.2 Å². The fourth-order valence-electron chi connectivity index (χ4n) is 3.69. The van der Waals surface area contributed by atoms with Gasteiger partial charge in [-0.15, -0.1) is 0 Å².